The average molecular weight is 248 g/mol. The number of hydrogen-bond donors (Lipinski definition) is 1. The third-order valence-electron chi connectivity index (χ3n) is 2.64. The van der Waals surface area contributed by atoms with E-state index >= 15 is 0 Å². The molecule has 0 spiro atoms. The molecule has 88 valence electrons. The largest absolute Gasteiger partial charge is 0.357 e. The third kappa shape index (κ3) is 2.39. The number of nitrogens with one attached hydrogen (secondary N) is 1. The molecule has 1 heterocycles. The summed E-state index contributed by atoms with van der Waals surface area (Å²) < 4.78 is 0. The van der Waals surface area contributed by atoms with Crippen LogP contribution in [0.3, 0.4) is 0 Å². The topological polar surface area (TPSA) is 37.8 Å². The molecule has 2 rings (SSSR count). The van der Waals surface area contributed by atoms with Gasteiger partial charge in [0.1, 0.15) is 0 Å². The SMILES string of the molecule is CNc1ncc(C)c(-c2ccc(C)c(Cl)c2)n1. The Balaban J connectivity index is 2.55. The summed E-state index contributed by atoms with van der Waals surface area (Å²) in [5, 5.41) is 3.69. The summed E-state index contributed by atoms with van der Waals surface area (Å²) in [4.78, 5) is 8.62. The molecule has 0 saturated heterocycles. The second kappa shape index (κ2) is 4.72. The van der Waals surface area contributed by atoms with Gasteiger partial charge in [0.15, 0.2) is 0 Å². The monoisotopic (exact) mass is 247 g/mol. The summed E-state index contributed by atoms with van der Waals surface area (Å²) in [7, 11) is 1.80. The molecule has 0 unspecified atom stereocenters. The van der Waals surface area contributed by atoms with Crippen LogP contribution in [0.2, 0.25) is 5.02 Å². The lowest BCUT2D eigenvalue weighted by Gasteiger charge is -2.08. The Morgan fingerprint density at radius 3 is 2.59 bits per heavy atom. The van der Waals surface area contributed by atoms with Gasteiger partial charge in [-0.15, -0.1) is 0 Å². The van der Waals surface area contributed by atoms with Crippen molar-refractivity contribution >= 4 is 17.5 Å². The van der Waals surface area contributed by atoms with Crippen molar-refractivity contribution < 1.29 is 0 Å². The van der Waals surface area contributed by atoms with Gasteiger partial charge in [-0.3, -0.25) is 0 Å². The minimum absolute atomic E-state index is 0.613. The van der Waals surface area contributed by atoms with Crippen molar-refractivity contribution in [2.24, 2.45) is 0 Å². The first-order valence-corrected chi connectivity index (χ1v) is 5.77. The number of hydrogen-bond acceptors (Lipinski definition) is 3. The van der Waals surface area contributed by atoms with Crippen LogP contribution in [0.4, 0.5) is 5.95 Å². The molecule has 0 aliphatic carbocycles. The summed E-state index contributed by atoms with van der Waals surface area (Å²) in [5.41, 5.74) is 4.02. The maximum atomic E-state index is 6.13. The molecular formula is C13H14ClN3. The van der Waals surface area contributed by atoms with E-state index in [1.54, 1.807) is 7.05 Å². The zero-order valence-corrected chi connectivity index (χ0v) is 10.8. The van der Waals surface area contributed by atoms with E-state index in [2.05, 4.69) is 15.3 Å². The van der Waals surface area contributed by atoms with Crippen molar-refractivity contribution in [3.05, 3.63) is 40.5 Å². The molecular weight excluding hydrogens is 234 g/mol. The van der Waals surface area contributed by atoms with E-state index < -0.39 is 0 Å². The predicted octanol–water partition coefficient (Wildman–Crippen LogP) is 3.46. The van der Waals surface area contributed by atoms with E-state index in [0.717, 1.165) is 27.4 Å². The van der Waals surface area contributed by atoms with Crippen LogP contribution in [0.25, 0.3) is 11.3 Å². The Morgan fingerprint density at radius 1 is 1.18 bits per heavy atom. The normalized spacial score (nSPS) is 10.4. The van der Waals surface area contributed by atoms with Crippen LogP contribution in [0.5, 0.6) is 0 Å². The average Bonchev–Trinajstić information content (AvgIpc) is 2.33. The Kier molecular flexibility index (Phi) is 3.29. The molecule has 3 nitrogen and oxygen atoms in total. The van der Waals surface area contributed by atoms with Gasteiger partial charge in [0.05, 0.1) is 5.69 Å². The summed E-state index contributed by atoms with van der Waals surface area (Å²) in [6, 6.07) is 5.96. The lowest BCUT2D eigenvalue weighted by Crippen LogP contribution is -1.99. The molecule has 1 aromatic heterocycles. The number of nitrogens with zero attached hydrogens (tertiary/aromatic N) is 2. The number of halogens is 1. The van der Waals surface area contributed by atoms with Gasteiger partial charge < -0.3 is 5.32 Å². The molecule has 17 heavy (non-hydrogen) atoms. The molecule has 0 aliphatic rings. The molecule has 0 amide bonds. The second-order valence-corrected chi connectivity index (χ2v) is 4.35. The number of benzene rings is 1. The van der Waals surface area contributed by atoms with Gasteiger partial charge >= 0.3 is 0 Å². The minimum Gasteiger partial charge on any atom is -0.357 e. The standard InChI is InChI=1S/C13H14ClN3/c1-8-4-5-10(6-11(8)14)12-9(2)7-16-13(15-3)17-12/h4-7H,1-3H3,(H,15,16,17). The van der Waals surface area contributed by atoms with E-state index in [0.29, 0.717) is 5.95 Å². The molecule has 1 N–H and O–H groups in total. The van der Waals surface area contributed by atoms with Gasteiger partial charge in [-0.2, -0.15) is 0 Å². The zero-order valence-electron chi connectivity index (χ0n) is 10.1. The summed E-state index contributed by atoms with van der Waals surface area (Å²) in [6.45, 7) is 3.97. The van der Waals surface area contributed by atoms with Crippen molar-refractivity contribution in [3.63, 3.8) is 0 Å². The highest BCUT2D eigenvalue weighted by atomic mass is 35.5. The molecule has 0 aliphatic heterocycles. The number of anilines is 1. The molecule has 0 saturated carbocycles. The molecule has 4 heteroatoms. The van der Waals surface area contributed by atoms with E-state index in [4.69, 9.17) is 11.6 Å². The number of rotatable bonds is 2. The minimum atomic E-state index is 0.613. The molecule has 0 fully saturated rings. The van der Waals surface area contributed by atoms with E-state index in [1.807, 2.05) is 38.2 Å². The smallest absolute Gasteiger partial charge is 0.222 e. The Bertz CT molecular complexity index is 552. The van der Waals surface area contributed by atoms with Crippen molar-refractivity contribution in [2.45, 2.75) is 13.8 Å². The lowest BCUT2D eigenvalue weighted by molar-refractivity contribution is 1.12. The van der Waals surface area contributed by atoms with Crippen LogP contribution in [0.15, 0.2) is 24.4 Å². The van der Waals surface area contributed by atoms with Crippen molar-refractivity contribution in [2.75, 3.05) is 12.4 Å². The van der Waals surface area contributed by atoms with Crippen LogP contribution in [0.1, 0.15) is 11.1 Å². The Morgan fingerprint density at radius 2 is 1.94 bits per heavy atom. The first kappa shape index (κ1) is 11.9. The van der Waals surface area contributed by atoms with Crippen molar-refractivity contribution in [1.29, 1.82) is 0 Å². The van der Waals surface area contributed by atoms with Crippen LogP contribution in [-0.2, 0) is 0 Å². The first-order valence-electron chi connectivity index (χ1n) is 5.39. The summed E-state index contributed by atoms with van der Waals surface area (Å²) in [6.07, 6.45) is 1.81. The second-order valence-electron chi connectivity index (χ2n) is 3.94. The van der Waals surface area contributed by atoms with Crippen LogP contribution < -0.4 is 5.32 Å². The summed E-state index contributed by atoms with van der Waals surface area (Å²) in [5.74, 6) is 0.613. The highest BCUT2D eigenvalue weighted by Gasteiger charge is 2.07. The lowest BCUT2D eigenvalue weighted by atomic mass is 10.1. The van der Waals surface area contributed by atoms with Gasteiger partial charge in [-0.1, -0.05) is 23.7 Å². The van der Waals surface area contributed by atoms with Gasteiger partial charge in [0.25, 0.3) is 0 Å². The van der Waals surface area contributed by atoms with E-state index in [9.17, 15) is 0 Å². The highest BCUT2D eigenvalue weighted by Crippen LogP contribution is 2.26. The van der Waals surface area contributed by atoms with Gasteiger partial charge in [0, 0.05) is 23.8 Å². The highest BCUT2D eigenvalue weighted by molar-refractivity contribution is 6.31. The van der Waals surface area contributed by atoms with Gasteiger partial charge in [-0.25, -0.2) is 9.97 Å². The van der Waals surface area contributed by atoms with E-state index in [1.165, 1.54) is 0 Å². The zero-order chi connectivity index (χ0) is 12.4. The fourth-order valence-corrected chi connectivity index (χ4v) is 1.78. The Hall–Kier alpha value is -1.61. The first-order chi connectivity index (χ1) is 8.11. The third-order valence-corrected chi connectivity index (χ3v) is 3.05. The molecule has 0 radical (unpaired) electrons. The van der Waals surface area contributed by atoms with Gasteiger partial charge in [-0.05, 0) is 31.0 Å². The van der Waals surface area contributed by atoms with Gasteiger partial charge in [0.2, 0.25) is 5.95 Å². The van der Waals surface area contributed by atoms with Crippen molar-refractivity contribution in [1.82, 2.24) is 9.97 Å². The van der Waals surface area contributed by atoms with Crippen LogP contribution in [0, 0.1) is 13.8 Å². The molecule has 1 aromatic carbocycles. The molecule has 0 bridgehead atoms. The quantitative estimate of drug-likeness (QED) is 0.883. The predicted molar refractivity (Wildman–Crippen MR) is 71.5 cm³/mol. The van der Waals surface area contributed by atoms with E-state index in [-0.39, 0.29) is 0 Å². The summed E-state index contributed by atoms with van der Waals surface area (Å²) >= 11 is 6.13. The Labute approximate surface area is 106 Å². The molecule has 2 aromatic rings. The molecule has 0 atom stereocenters. The van der Waals surface area contributed by atoms with Crippen LogP contribution >= 0.6 is 11.6 Å². The fourth-order valence-electron chi connectivity index (χ4n) is 1.59. The number of aromatic nitrogens is 2. The number of aryl methyl sites for hydroxylation is 2. The van der Waals surface area contributed by atoms with Crippen molar-refractivity contribution in [3.8, 4) is 11.3 Å². The maximum Gasteiger partial charge on any atom is 0.222 e. The van der Waals surface area contributed by atoms with Crippen LogP contribution in [-0.4, -0.2) is 17.0 Å². The fraction of sp³-hybridized carbons (Fsp3) is 0.231. The maximum absolute atomic E-state index is 6.13.